The van der Waals surface area contributed by atoms with Crippen molar-refractivity contribution in [3.8, 4) is 0 Å². The monoisotopic (exact) mass is 347 g/mol. The standard InChI is InChI=1S/C22H22N2O2/c25-22(21-15-19(11-12-23-21)24-13-4-1-5-14-24)26-16-18-9-6-8-17-7-2-3-10-20(17)18/h2-3,6-12,15H,1,4-5,13-14,16H2/p+1. The van der Waals surface area contributed by atoms with Gasteiger partial charge in [0.15, 0.2) is 6.20 Å². The molecule has 4 rings (SSSR count). The Kier molecular flexibility index (Phi) is 4.82. The number of esters is 1. The van der Waals surface area contributed by atoms with Gasteiger partial charge in [-0.3, -0.25) is 0 Å². The van der Waals surface area contributed by atoms with E-state index in [0.29, 0.717) is 5.69 Å². The van der Waals surface area contributed by atoms with Gasteiger partial charge in [-0.1, -0.05) is 42.5 Å². The number of carbonyl (C=O) groups excluding carboxylic acids is 1. The number of anilines is 1. The molecule has 1 saturated heterocycles. The van der Waals surface area contributed by atoms with Gasteiger partial charge < -0.3 is 9.64 Å². The Morgan fingerprint density at radius 2 is 1.81 bits per heavy atom. The summed E-state index contributed by atoms with van der Waals surface area (Å²) in [5.41, 5.74) is 2.59. The summed E-state index contributed by atoms with van der Waals surface area (Å²) in [4.78, 5) is 17.9. The molecule has 1 aliphatic heterocycles. The molecule has 0 atom stereocenters. The summed E-state index contributed by atoms with van der Waals surface area (Å²) in [5, 5.41) is 2.27. The van der Waals surface area contributed by atoms with E-state index in [0.717, 1.165) is 35.1 Å². The van der Waals surface area contributed by atoms with Crippen molar-refractivity contribution in [3.63, 3.8) is 0 Å². The fraction of sp³-hybridized carbons (Fsp3) is 0.273. The second kappa shape index (κ2) is 7.56. The summed E-state index contributed by atoms with van der Waals surface area (Å²) in [6, 6.07) is 18.1. The van der Waals surface area contributed by atoms with E-state index in [-0.39, 0.29) is 12.6 Å². The fourth-order valence-corrected chi connectivity index (χ4v) is 3.56. The van der Waals surface area contributed by atoms with Crippen LogP contribution in [-0.2, 0) is 11.3 Å². The highest BCUT2D eigenvalue weighted by atomic mass is 16.5. The number of benzene rings is 2. The number of hydrogen-bond acceptors (Lipinski definition) is 3. The summed E-state index contributed by atoms with van der Waals surface area (Å²) in [6.45, 7) is 2.37. The highest BCUT2D eigenvalue weighted by molar-refractivity contribution is 5.88. The maximum Gasteiger partial charge on any atom is 0.404 e. The zero-order valence-corrected chi connectivity index (χ0v) is 14.8. The number of ether oxygens (including phenoxy) is 1. The number of hydrogen-bond donors (Lipinski definition) is 0. The van der Waals surface area contributed by atoms with Crippen LogP contribution in [-0.4, -0.2) is 19.1 Å². The summed E-state index contributed by atoms with van der Waals surface area (Å²) < 4.78 is 5.58. The van der Waals surface area contributed by atoms with Crippen molar-refractivity contribution in [2.45, 2.75) is 25.9 Å². The molecule has 4 nitrogen and oxygen atoms in total. The lowest BCUT2D eigenvalue weighted by Crippen LogP contribution is -2.30. The molecule has 3 aromatic rings. The zero-order valence-electron chi connectivity index (χ0n) is 14.8. The minimum absolute atomic E-state index is 0.266. The number of pyridine rings is 1. The number of H-pyrrole nitrogens is 1. The molecular formula is C22H23N2O2+. The second-order valence-corrected chi connectivity index (χ2v) is 6.72. The van der Waals surface area contributed by atoms with Gasteiger partial charge in [-0.05, 0) is 35.6 Å². The molecular weight excluding hydrogens is 324 g/mol. The van der Waals surface area contributed by atoms with Gasteiger partial charge in [0.2, 0.25) is 0 Å². The number of carbonyl (C=O) groups is 1. The molecule has 1 fully saturated rings. The van der Waals surface area contributed by atoms with Crippen molar-refractivity contribution in [2.75, 3.05) is 18.0 Å². The summed E-state index contributed by atoms with van der Waals surface area (Å²) in [5.74, 6) is -0.322. The van der Waals surface area contributed by atoms with Crippen LogP contribution in [0.1, 0.15) is 35.3 Å². The van der Waals surface area contributed by atoms with Crippen LogP contribution < -0.4 is 9.88 Å². The molecule has 1 aromatic heterocycles. The molecule has 0 unspecified atom stereocenters. The van der Waals surface area contributed by atoms with Crippen LogP contribution in [0.4, 0.5) is 5.69 Å². The van der Waals surface area contributed by atoms with Crippen molar-refractivity contribution < 1.29 is 14.5 Å². The highest BCUT2D eigenvalue weighted by Crippen LogP contribution is 2.21. The highest BCUT2D eigenvalue weighted by Gasteiger charge is 2.19. The van der Waals surface area contributed by atoms with Crippen LogP contribution in [0, 0.1) is 0 Å². The van der Waals surface area contributed by atoms with Crippen LogP contribution >= 0.6 is 0 Å². The average Bonchev–Trinajstić information content (AvgIpc) is 2.72. The van der Waals surface area contributed by atoms with Gasteiger partial charge in [-0.2, -0.15) is 0 Å². The molecule has 0 aliphatic carbocycles. The normalized spacial score (nSPS) is 14.4. The van der Waals surface area contributed by atoms with E-state index >= 15 is 0 Å². The van der Waals surface area contributed by atoms with Crippen LogP contribution in [0.3, 0.4) is 0 Å². The molecule has 0 spiro atoms. The fourth-order valence-electron chi connectivity index (χ4n) is 3.56. The third-order valence-corrected chi connectivity index (χ3v) is 4.96. The molecule has 0 saturated carbocycles. The van der Waals surface area contributed by atoms with Crippen LogP contribution in [0.15, 0.2) is 60.8 Å². The van der Waals surface area contributed by atoms with Crippen molar-refractivity contribution >= 4 is 22.4 Å². The number of fused-ring (bicyclic) bond motifs is 1. The van der Waals surface area contributed by atoms with E-state index in [2.05, 4.69) is 28.1 Å². The molecule has 26 heavy (non-hydrogen) atoms. The van der Waals surface area contributed by atoms with Crippen LogP contribution in [0.5, 0.6) is 0 Å². The van der Waals surface area contributed by atoms with Gasteiger partial charge in [0, 0.05) is 30.9 Å². The van der Waals surface area contributed by atoms with Gasteiger partial charge in [0.05, 0.1) is 0 Å². The lowest BCUT2D eigenvalue weighted by atomic mass is 10.1. The molecule has 2 heterocycles. The number of piperidine rings is 1. The SMILES string of the molecule is O=C(OCc1cccc2ccccc12)c1cc(N2CCCCC2)cc[nH+]1. The van der Waals surface area contributed by atoms with Crippen LogP contribution in [0.25, 0.3) is 10.8 Å². The predicted octanol–water partition coefficient (Wildman–Crippen LogP) is 4.00. The summed E-state index contributed by atoms with van der Waals surface area (Å²) in [7, 11) is 0. The number of rotatable bonds is 4. The molecule has 0 bridgehead atoms. The predicted molar refractivity (Wildman–Crippen MR) is 102 cm³/mol. The first-order valence-corrected chi connectivity index (χ1v) is 9.22. The maximum absolute atomic E-state index is 12.5. The second-order valence-electron chi connectivity index (χ2n) is 6.72. The van der Waals surface area contributed by atoms with Crippen LogP contribution in [0.2, 0.25) is 0 Å². The number of aromatic amines is 1. The Labute approximate surface area is 153 Å². The third kappa shape index (κ3) is 3.54. The van der Waals surface area contributed by atoms with Gasteiger partial charge in [-0.15, -0.1) is 0 Å². The van der Waals surface area contributed by atoms with E-state index in [4.69, 9.17) is 4.74 Å². The van der Waals surface area contributed by atoms with Gasteiger partial charge >= 0.3 is 5.97 Å². The molecule has 2 aromatic carbocycles. The van der Waals surface area contributed by atoms with Crippen molar-refractivity contribution in [2.24, 2.45) is 0 Å². The van der Waals surface area contributed by atoms with Gasteiger partial charge in [-0.25, -0.2) is 9.78 Å². The van der Waals surface area contributed by atoms with E-state index in [1.54, 1.807) is 0 Å². The minimum atomic E-state index is -0.322. The van der Waals surface area contributed by atoms with Crippen molar-refractivity contribution in [1.29, 1.82) is 0 Å². The largest absolute Gasteiger partial charge is 0.453 e. The Morgan fingerprint density at radius 3 is 2.69 bits per heavy atom. The number of aromatic nitrogens is 1. The van der Waals surface area contributed by atoms with E-state index < -0.39 is 0 Å². The Bertz CT molecular complexity index is 911. The Morgan fingerprint density at radius 1 is 1.00 bits per heavy atom. The lowest BCUT2D eigenvalue weighted by molar-refractivity contribution is -0.383. The number of nitrogens with zero attached hydrogens (tertiary/aromatic N) is 1. The Balaban J connectivity index is 1.48. The zero-order chi connectivity index (χ0) is 17.8. The minimum Gasteiger partial charge on any atom is -0.453 e. The average molecular weight is 347 g/mol. The quantitative estimate of drug-likeness (QED) is 0.670. The molecule has 4 heteroatoms. The number of nitrogens with one attached hydrogen (secondary N) is 1. The van der Waals surface area contributed by atoms with Crippen molar-refractivity contribution in [1.82, 2.24) is 0 Å². The third-order valence-electron chi connectivity index (χ3n) is 4.96. The first-order valence-electron chi connectivity index (χ1n) is 9.22. The van der Waals surface area contributed by atoms with E-state index in [9.17, 15) is 4.79 Å². The topological polar surface area (TPSA) is 43.7 Å². The molecule has 1 aliphatic rings. The Hall–Kier alpha value is -2.88. The molecule has 1 N–H and O–H groups in total. The van der Waals surface area contributed by atoms with Crippen molar-refractivity contribution in [3.05, 3.63) is 72.1 Å². The van der Waals surface area contributed by atoms with E-state index in [1.165, 1.54) is 19.3 Å². The maximum atomic E-state index is 12.5. The smallest absolute Gasteiger partial charge is 0.404 e. The van der Waals surface area contributed by atoms with Gasteiger partial charge in [0.25, 0.3) is 5.69 Å². The summed E-state index contributed by atoms with van der Waals surface area (Å²) in [6.07, 6.45) is 5.52. The molecule has 0 radical (unpaired) electrons. The van der Waals surface area contributed by atoms with E-state index in [1.807, 2.05) is 42.6 Å². The molecule has 0 amide bonds. The first-order chi connectivity index (χ1) is 12.8. The molecule has 132 valence electrons. The summed E-state index contributed by atoms with van der Waals surface area (Å²) >= 11 is 0. The van der Waals surface area contributed by atoms with Gasteiger partial charge in [0.1, 0.15) is 6.61 Å². The first kappa shape index (κ1) is 16.6. The lowest BCUT2D eigenvalue weighted by Gasteiger charge is -2.28.